The molecule has 92 valence electrons. The zero-order valence-electron chi connectivity index (χ0n) is 9.34. The molecule has 0 aliphatic rings. The van der Waals surface area contributed by atoms with Crippen LogP contribution in [0.4, 0.5) is 5.69 Å². The molecule has 0 bridgehead atoms. The molecule has 6 heteroatoms. The first-order chi connectivity index (χ1) is 7.90. The third kappa shape index (κ3) is 4.36. The van der Waals surface area contributed by atoms with Gasteiger partial charge < -0.3 is 10.1 Å². The summed E-state index contributed by atoms with van der Waals surface area (Å²) in [5, 5.41) is 3.10. The fraction of sp³-hybridized carbons (Fsp3) is 0.273. The summed E-state index contributed by atoms with van der Waals surface area (Å²) in [5.74, 6) is -0.600. The van der Waals surface area contributed by atoms with Gasteiger partial charge in [-0.1, -0.05) is 11.6 Å². The van der Waals surface area contributed by atoms with Crippen molar-refractivity contribution in [3.05, 3.63) is 27.2 Å². The number of carbonyl (C=O) groups is 2. The van der Waals surface area contributed by atoms with Gasteiger partial charge in [0.1, 0.15) is 6.61 Å². The number of nitrogens with one attached hydrogen (secondary N) is 1. The van der Waals surface area contributed by atoms with Crippen LogP contribution in [0.25, 0.3) is 0 Å². The molecule has 0 aliphatic carbocycles. The SMILES string of the molecule is CC(=O)Nc1cc(Cl)c(Br)cc1COC(C)=O. The van der Waals surface area contributed by atoms with E-state index in [1.165, 1.54) is 13.8 Å². The van der Waals surface area contributed by atoms with Gasteiger partial charge in [0.25, 0.3) is 0 Å². The maximum Gasteiger partial charge on any atom is 0.302 e. The quantitative estimate of drug-likeness (QED) is 0.871. The Labute approximate surface area is 112 Å². The summed E-state index contributed by atoms with van der Waals surface area (Å²) in [5.41, 5.74) is 1.21. The van der Waals surface area contributed by atoms with Crippen molar-refractivity contribution in [2.45, 2.75) is 20.5 Å². The summed E-state index contributed by atoms with van der Waals surface area (Å²) >= 11 is 9.19. The van der Waals surface area contributed by atoms with Crippen LogP contribution in [0.5, 0.6) is 0 Å². The van der Waals surface area contributed by atoms with Gasteiger partial charge in [0.05, 0.1) is 5.02 Å². The molecular formula is C11H11BrClNO3. The second-order valence-electron chi connectivity index (χ2n) is 3.38. The van der Waals surface area contributed by atoms with E-state index in [-0.39, 0.29) is 18.5 Å². The van der Waals surface area contributed by atoms with Crippen LogP contribution >= 0.6 is 27.5 Å². The van der Waals surface area contributed by atoms with Crippen molar-refractivity contribution >= 4 is 45.1 Å². The van der Waals surface area contributed by atoms with E-state index in [2.05, 4.69) is 21.2 Å². The van der Waals surface area contributed by atoms with Gasteiger partial charge in [-0.15, -0.1) is 0 Å². The molecule has 4 nitrogen and oxygen atoms in total. The lowest BCUT2D eigenvalue weighted by Crippen LogP contribution is -2.09. The lowest BCUT2D eigenvalue weighted by molar-refractivity contribution is -0.142. The molecule has 0 aliphatic heterocycles. The monoisotopic (exact) mass is 319 g/mol. The number of halogens is 2. The van der Waals surface area contributed by atoms with Crippen molar-refractivity contribution in [3.8, 4) is 0 Å². The molecule has 0 saturated heterocycles. The van der Waals surface area contributed by atoms with Crippen LogP contribution in [-0.4, -0.2) is 11.9 Å². The molecule has 0 spiro atoms. The van der Waals surface area contributed by atoms with E-state index in [1.54, 1.807) is 12.1 Å². The summed E-state index contributed by atoms with van der Waals surface area (Å²) in [6.45, 7) is 2.80. The molecule has 0 atom stereocenters. The average Bonchev–Trinajstić information content (AvgIpc) is 2.20. The normalized spacial score (nSPS) is 9.88. The van der Waals surface area contributed by atoms with Crippen LogP contribution in [0.2, 0.25) is 5.02 Å². The Hall–Kier alpha value is -1.07. The van der Waals surface area contributed by atoms with Crippen LogP contribution in [0.15, 0.2) is 16.6 Å². The Balaban J connectivity index is 3.02. The molecule has 1 aromatic rings. The van der Waals surface area contributed by atoms with Crippen LogP contribution < -0.4 is 5.32 Å². The number of carbonyl (C=O) groups excluding carboxylic acids is 2. The van der Waals surface area contributed by atoms with Gasteiger partial charge in [0, 0.05) is 29.6 Å². The van der Waals surface area contributed by atoms with Crippen LogP contribution in [0.3, 0.4) is 0 Å². The van der Waals surface area contributed by atoms with Gasteiger partial charge in [0.2, 0.25) is 5.91 Å². The molecule has 0 unspecified atom stereocenters. The van der Waals surface area contributed by atoms with E-state index in [0.717, 1.165) is 0 Å². The predicted octanol–water partition coefficient (Wildman–Crippen LogP) is 3.12. The first kappa shape index (κ1) is 14.0. The maximum atomic E-state index is 11.0. The van der Waals surface area contributed by atoms with Crippen molar-refractivity contribution in [2.24, 2.45) is 0 Å². The van der Waals surface area contributed by atoms with Gasteiger partial charge >= 0.3 is 5.97 Å². The second kappa shape index (κ2) is 6.02. The second-order valence-corrected chi connectivity index (χ2v) is 4.65. The van der Waals surface area contributed by atoms with Gasteiger partial charge in [-0.05, 0) is 28.1 Å². The minimum absolute atomic E-state index is 0.0840. The lowest BCUT2D eigenvalue weighted by Gasteiger charge is -2.11. The highest BCUT2D eigenvalue weighted by Gasteiger charge is 2.09. The minimum atomic E-state index is -0.384. The third-order valence-corrected chi connectivity index (χ3v) is 3.08. The standard InChI is InChI=1S/C11H11BrClNO3/c1-6(15)14-11-4-10(13)9(12)3-8(11)5-17-7(2)16/h3-4H,5H2,1-2H3,(H,14,15). The van der Waals surface area contributed by atoms with Crippen LogP contribution in [0, 0.1) is 0 Å². The van der Waals surface area contributed by atoms with Gasteiger partial charge in [0.15, 0.2) is 0 Å². The maximum absolute atomic E-state index is 11.0. The molecule has 0 fully saturated rings. The van der Waals surface area contributed by atoms with E-state index in [9.17, 15) is 9.59 Å². The first-order valence-electron chi connectivity index (χ1n) is 4.79. The summed E-state index contributed by atoms with van der Waals surface area (Å²) in [4.78, 5) is 21.8. The number of rotatable bonds is 3. The number of esters is 1. The van der Waals surface area contributed by atoms with Gasteiger partial charge in [-0.25, -0.2) is 0 Å². The molecule has 0 radical (unpaired) electrons. The summed E-state index contributed by atoms with van der Waals surface area (Å²) < 4.78 is 5.57. The average molecular weight is 321 g/mol. The van der Waals surface area contributed by atoms with E-state index in [1.807, 2.05) is 0 Å². The lowest BCUT2D eigenvalue weighted by atomic mass is 10.2. The summed E-state index contributed by atoms with van der Waals surface area (Å²) in [7, 11) is 0. The fourth-order valence-electron chi connectivity index (χ4n) is 1.19. The van der Waals surface area contributed by atoms with E-state index in [4.69, 9.17) is 16.3 Å². The Bertz CT molecular complexity index is 462. The molecule has 0 heterocycles. The number of hydrogen-bond donors (Lipinski definition) is 1. The topological polar surface area (TPSA) is 55.4 Å². The van der Waals surface area contributed by atoms with Crippen molar-refractivity contribution < 1.29 is 14.3 Å². The fourth-order valence-corrected chi connectivity index (χ4v) is 1.75. The van der Waals surface area contributed by atoms with Crippen molar-refractivity contribution in [2.75, 3.05) is 5.32 Å². The molecule has 1 aromatic carbocycles. The molecule has 0 aromatic heterocycles. The first-order valence-corrected chi connectivity index (χ1v) is 5.96. The molecule has 1 N–H and O–H groups in total. The number of amides is 1. The van der Waals surface area contributed by atoms with Crippen molar-refractivity contribution in [1.29, 1.82) is 0 Å². The third-order valence-electron chi connectivity index (χ3n) is 1.89. The Morgan fingerprint density at radius 3 is 2.59 bits per heavy atom. The van der Waals surface area contributed by atoms with E-state index < -0.39 is 0 Å². The summed E-state index contributed by atoms with van der Waals surface area (Å²) in [6.07, 6.45) is 0. The molecule has 1 rings (SSSR count). The number of hydrogen-bond acceptors (Lipinski definition) is 3. The highest BCUT2D eigenvalue weighted by molar-refractivity contribution is 9.10. The zero-order valence-corrected chi connectivity index (χ0v) is 11.7. The highest BCUT2D eigenvalue weighted by Crippen LogP contribution is 2.30. The Morgan fingerprint density at radius 2 is 2.06 bits per heavy atom. The van der Waals surface area contributed by atoms with E-state index in [0.29, 0.717) is 20.7 Å². The smallest absolute Gasteiger partial charge is 0.302 e. The Morgan fingerprint density at radius 1 is 1.41 bits per heavy atom. The van der Waals surface area contributed by atoms with Gasteiger partial charge in [-0.2, -0.15) is 0 Å². The summed E-state index contributed by atoms with van der Waals surface area (Å²) in [6, 6.07) is 3.31. The number of benzene rings is 1. The molecule has 17 heavy (non-hydrogen) atoms. The molecule has 1 amide bonds. The largest absolute Gasteiger partial charge is 0.461 e. The van der Waals surface area contributed by atoms with Crippen LogP contribution in [0.1, 0.15) is 19.4 Å². The van der Waals surface area contributed by atoms with Crippen molar-refractivity contribution in [3.63, 3.8) is 0 Å². The highest BCUT2D eigenvalue weighted by atomic mass is 79.9. The minimum Gasteiger partial charge on any atom is -0.461 e. The van der Waals surface area contributed by atoms with E-state index >= 15 is 0 Å². The van der Waals surface area contributed by atoms with Crippen LogP contribution in [-0.2, 0) is 20.9 Å². The zero-order chi connectivity index (χ0) is 13.0. The number of ether oxygens (including phenoxy) is 1. The number of anilines is 1. The molecular weight excluding hydrogens is 309 g/mol. The van der Waals surface area contributed by atoms with Gasteiger partial charge in [-0.3, -0.25) is 9.59 Å². The molecule has 0 saturated carbocycles. The van der Waals surface area contributed by atoms with Crippen molar-refractivity contribution in [1.82, 2.24) is 0 Å². The Kier molecular flexibility index (Phi) is 4.96. The predicted molar refractivity (Wildman–Crippen MR) is 68.9 cm³/mol.